The Balaban J connectivity index is 0.000000294. The number of aryl methyl sites for hydroxylation is 2. The number of hydrogen-bond acceptors (Lipinski definition) is 4. The van der Waals surface area contributed by atoms with Crippen LogP contribution in [0.1, 0.15) is 104 Å². The van der Waals surface area contributed by atoms with Crippen molar-refractivity contribution >= 4 is 16.8 Å². The molecule has 1 aromatic carbocycles. The van der Waals surface area contributed by atoms with E-state index >= 15 is 0 Å². The van der Waals surface area contributed by atoms with E-state index in [2.05, 4.69) is 50.0 Å². The molecule has 0 amide bonds. The van der Waals surface area contributed by atoms with Crippen molar-refractivity contribution in [1.82, 2.24) is 4.98 Å². The maximum Gasteiger partial charge on any atom is 0.162 e. The standard InChI is InChI=1S/C21H22NO.C13H24O2.Ir/c1-21(2,3)14-11-12-18(22-13-14)17-9-6-8-16-15-7-4-5-10-19(15)23-20(16)17;1-5-10(6-2)12(14)9-13(15)11(7-3)8-4;/h6,8,11-13H,4-5,7,10H2,1-3H3;9-11,14H,5-8H2,1-4H3;/q-1;;/b;12-9-;. The minimum absolute atomic E-state index is 0. The number of benzene rings is 1. The van der Waals surface area contributed by atoms with Crippen molar-refractivity contribution in [3.05, 3.63) is 65.3 Å². The van der Waals surface area contributed by atoms with Gasteiger partial charge in [-0.3, -0.25) is 4.79 Å². The normalized spacial score (nSPS) is 13.6. The Kier molecular flexibility index (Phi) is 12.6. The number of pyridine rings is 1. The smallest absolute Gasteiger partial charge is 0.162 e. The van der Waals surface area contributed by atoms with E-state index in [1.165, 1.54) is 41.2 Å². The molecule has 1 N–H and O–H groups in total. The molecule has 1 radical (unpaired) electrons. The van der Waals surface area contributed by atoms with E-state index in [1.54, 1.807) is 0 Å². The van der Waals surface area contributed by atoms with Gasteiger partial charge in [0.1, 0.15) is 0 Å². The van der Waals surface area contributed by atoms with E-state index in [4.69, 9.17) is 4.42 Å². The predicted molar refractivity (Wildman–Crippen MR) is 157 cm³/mol. The van der Waals surface area contributed by atoms with Gasteiger partial charge in [0, 0.05) is 50.6 Å². The number of carbonyl (C=O) groups excluding carboxylic acids is 1. The van der Waals surface area contributed by atoms with Gasteiger partial charge >= 0.3 is 0 Å². The monoisotopic (exact) mass is 709 g/mol. The molecule has 39 heavy (non-hydrogen) atoms. The number of nitrogens with zero attached hydrogens (tertiary/aromatic N) is 1. The number of furan rings is 1. The molecule has 1 aliphatic carbocycles. The number of hydrogen-bond donors (Lipinski definition) is 1. The summed E-state index contributed by atoms with van der Waals surface area (Å²) in [5.41, 5.74) is 5.63. The van der Waals surface area contributed by atoms with Crippen molar-refractivity contribution in [3.8, 4) is 11.3 Å². The first-order valence-electron chi connectivity index (χ1n) is 14.5. The van der Waals surface area contributed by atoms with Gasteiger partial charge in [0.2, 0.25) is 0 Å². The summed E-state index contributed by atoms with van der Waals surface area (Å²) in [6, 6.07) is 11.7. The number of carbonyl (C=O) groups is 1. The molecule has 0 atom stereocenters. The zero-order chi connectivity index (χ0) is 27.9. The fourth-order valence-corrected chi connectivity index (χ4v) is 5.18. The largest absolute Gasteiger partial charge is 0.512 e. The molecule has 1 aliphatic rings. The first kappa shape index (κ1) is 33.0. The molecule has 3 aromatic rings. The molecule has 2 aromatic heterocycles. The third-order valence-electron chi connectivity index (χ3n) is 7.88. The topological polar surface area (TPSA) is 63.3 Å². The van der Waals surface area contributed by atoms with Gasteiger partial charge in [-0.1, -0.05) is 71.5 Å². The molecular formula is C34H46IrNO3-. The molecule has 5 heteroatoms. The van der Waals surface area contributed by atoms with Crippen molar-refractivity contribution in [3.63, 3.8) is 0 Å². The molecule has 0 spiro atoms. The minimum atomic E-state index is 0. The summed E-state index contributed by atoms with van der Waals surface area (Å²) in [5, 5.41) is 11.0. The Morgan fingerprint density at radius 2 is 1.67 bits per heavy atom. The summed E-state index contributed by atoms with van der Waals surface area (Å²) in [6.07, 6.45) is 11.6. The SMILES string of the molecule is CC(C)(C)c1ccc(-c2[c-]ccc3c4c(oc23)CCCC4)nc1.CCC(CC)C(=O)/C=C(\O)C(CC)CC.[Ir]. The first-order valence-corrected chi connectivity index (χ1v) is 14.5. The second-order valence-corrected chi connectivity index (χ2v) is 11.5. The molecule has 0 fully saturated rings. The predicted octanol–water partition coefficient (Wildman–Crippen LogP) is 9.34. The fraction of sp³-hybridized carbons (Fsp3) is 0.529. The first-order chi connectivity index (χ1) is 18.1. The van der Waals surface area contributed by atoms with Gasteiger partial charge in [-0.25, -0.2) is 0 Å². The fourth-order valence-electron chi connectivity index (χ4n) is 5.18. The van der Waals surface area contributed by atoms with E-state index in [1.807, 2.05) is 40.0 Å². The molecule has 0 bridgehead atoms. The van der Waals surface area contributed by atoms with Gasteiger partial charge in [-0.05, 0) is 67.2 Å². The van der Waals surface area contributed by atoms with Crippen LogP contribution in [0.4, 0.5) is 0 Å². The molecular weight excluding hydrogens is 663 g/mol. The summed E-state index contributed by atoms with van der Waals surface area (Å²) < 4.78 is 6.20. The second kappa shape index (κ2) is 15.0. The summed E-state index contributed by atoms with van der Waals surface area (Å²) in [6.45, 7) is 14.7. The second-order valence-electron chi connectivity index (χ2n) is 11.5. The number of aromatic nitrogens is 1. The Labute approximate surface area is 249 Å². The molecule has 215 valence electrons. The van der Waals surface area contributed by atoms with Crippen LogP contribution in [0.15, 0.2) is 46.7 Å². The van der Waals surface area contributed by atoms with E-state index in [9.17, 15) is 9.90 Å². The third-order valence-corrected chi connectivity index (χ3v) is 7.88. The van der Waals surface area contributed by atoms with Gasteiger partial charge in [0.15, 0.2) is 5.78 Å². The van der Waals surface area contributed by atoms with Gasteiger partial charge < -0.3 is 14.5 Å². The van der Waals surface area contributed by atoms with Gasteiger partial charge in [0.05, 0.1) is 17.1 Å². The van der Waals surface area contributed by atoms with Gasteiger partial charge in [0.25, 0.3) is 0 Å². The van der Waals surface area contributed by atoms with Crippen LogP contribution < -0.4 is 0 Å². The Hall–Kier alpha value is -2.23. The summed E-state index contributed by atoms with van der Waals surface area (Å²) in [5.74, 6) is 1.71. The van der Waals surface area contributed by atoms with Gasteiger partial charge in [-0.2, -0.15) is 0 Å². The maximum absolute atomic E-state index is 11.7. The van der Waals surface area contributed by atoms with Crippen molar-refractivity contribution in [2.45, 2.75) is 105 Å². The van der Waals surface area contributed by atoms with E-state index in [-0.39, 0.29) is 48.9 Å². The number of ketones is 1. The van der Waals surface area contributed by atoms with Crippen LogP contribution in [-0.2, 0) is 43.2 Å². The third kappa shape index (κ3) is 8.14. The minimum Gasteiger partial charge on any atom is -0.512 e. The zero-order valence-corrected chi connectivity index (χ0v) is 27.2. The van der Waals surface area contributed by atoms with E-state index in [0.717, 1.165) is 55.4 Å². The Morgan fingerprint density at radius 1 is 1.03 bits per heavy atom. The van der Waals surface area contributed by atoms with Crippen LogP contribution in [0.3, 0.4) is 0 Å². The maximum atomic E-state index is 11.7. The zero-order valence-electron chi connectivity index (χ0n) is 24.8. The van der Waals surface area contributed by atoms with Crippen LogP contribution >= 0.6 is 0 Å². The average Bonchev–Trinajstić information content (AvgIpc) is 3.29. The van der Waals surface area contributed by atoms with E-state index < -0.39 is 0 Å². The van der Waals surface area contributed by atoms with Crippen molar-refractivity contribution in [2.75, 3.05) is 0 Å². The van der Waals surface area contributed by atoms with Crippen LogP contribution in [-0.4, -0.2) is 15.9 Å². The molecule has 0 saturated heterocycles. The average molecular weight is 709 g/mol. The summed E-state index contributed by atoms with van der Waals surface area (Å²) in [7, 11) is 0. The Bertz CT molecular complexity index is 1230. The van der Waals surface area contributed by atoms with Crippen molar-refractivity contribution in [1.29, 1.82) is 0 Å². The summed E-state index contributed by atoms with van der Waals surface area (Å²) >= 11 is 0. The van der Waals surface area contributed by atoms with Crippen molar-refractivity contribution < 1.29 is 34.4 Å². The molecule has 4 rings (SSSR count). The molecule has 4 nitrogen and oxygen atoms in total. The Morgan fingerprint density at radius 3 is 2.23 bits per heavy atom. The van der Waals surface area contributed by atoms with Crippen LogP contribution in [0, 0.1) is 17.9 Å². The molecule has 0 saturated carbocycles. The number of allylic oxidation sites excluding steroid dienone is 2. The van der Waals surface area contributed by atoms with Crippen LogP contribution in [0.2, 0.25) is 0 Å². The summed E-state index contributed by atoms with van der Waals surface area (Å²) in [4.78, 5) is 16.4. The molecule has 0 aliphatic heterocycles. The van der Waals surface area contributed by atoms with E-state index in [0.29, 0.717) is 0 Å². The number of aliphatic hydroxyl groups excluding tert-OH is 1. The van der Waals surface area contributed by atoms with Crippen molar-refractivity contribution in [2.24, 2.45) is 11.8 Å². The quantitative estimate of drug-likeness (QED) is 0.144. The van der Waals surface area contributed by atoms with Gasteiger partial charge in [-0.15, -0.1) is 18.2 Å². The van der Waals surface area contributed by atoms with Crippen LogP contribution in [0.5, 0.6) is 0 Å². The molecule has 0 unspecified atom stereocenters. The number of rotatable bonds is 8. The number of fused-ring (bicyclic) bond motifs is 3. The van der Waals surface area contributed by atoms with Crippen LogP contribution in [0.25, 0.3) is 22.2 Å². The molecule has 2 heterocycles. The number of aliphatic hydroxyl groups is 1.